The molecule has 1 saturated carbocycles. The van der Waals surface area contributed by atoms with E-state index >= 15 is 0 Å². The number of aliphatic hydroxyl groups excluding tert-OH is 1. The van der Waals surface area contributed by atoms with Crippen molar-refractivity contribution < 1.29 is 36.9 Å². The lowest BCUT2D eigenvalue weighted by Gasteiger charge is -2.33. The van der Waals surface area contributed by atoms with Gasteiger partial charge in [-0.3, -0.25) is 9.59 Å². The Bertz CT molecular complexity index is 1250. The summed E-state index contributed by atoms with van der Waals surface area (Å²) in [6, 6.07) is 0.664. The molecular weight excluding hydrogens is 502 g/mol. The second kappa shape index (κ2) is 10.8. The van der Waals surface area contributed by atoms with Gasteiger partial charge in [-0.2, -0.15) is 5.10 Å². The number of amides is 2. The minimum Gasteiger partial charge on any atom is -0.369 e. The summed E-state index contributed by atoms with van der Waals surface area (Å²) in [5.74, 6) is -4.49. The molecule has 1 aliphatic rings. The Hall–Kier alpha value is -3.62. The third-order valence-corrected chi connectivity index (χ3v) is 6.27. The highest BCUT2D eigenvalue weighted by Gasteiger charge is 2.39. The molecule has 15 heteroatoms. The number of aliphatic hydroxyl groups is 1. The van der Waals surface area contributed by atoms with Crippen molar-refractivity contribution in [2.45, 2.75) is 70.1 Å². The van der Waals surface area contributed by atoms with E-state index in [9.17, 15) is 32.3 Å². The van der Waals surface area contributed by atoms with Crippen LogP contribution in [0.25, 0.3) is 5.65 Å². The van der Waals surface area contributed by atoms with Gasteiger partial charge in [0.2, 0.25) is 18.3 Å². The summed E-state index contributed by atoms with van der Waals surface area (Å²) in [7, 11) is 0. The smallest absolute Gasteiger partial charge is 0.276 e. The number of hydrogen-bond donors (Lipinski definition) is 3. The molecule has 37 heavy (non-hydrogen) atoms. The SMILES string of the molecule is Cc1nonc1C(=O)N[C@H](c1cn2ncc([C@@H](O)NC(=O)CCC(F)F)cc2n1)C1CCC(F)(F)CC1. The van der Waals surface area contributed by atoms with Gasteiger partial charge in [0.15, 0.2) is 17.6 Å². The minimum absolute atomic E-state index is 0.0407. The van der Waals surface area contributed by atoms with Gasteiger partial charge in [-0.25, -0.2) is 31.7 Å². The van der Waals surface area contributed by atoms with Gasteiger partial charge in [0, 0.05) is 31.2 Å². The van der Waals surface area contributed by atoms with Crippen molar-refractivity contribution >= 4 is 17.5 Å². The Kier molecular flexibility index (Phi) is 7.71. The van der Waals surface area contributed by atoms with Gasteiger partial charge in [-0.15, -0.1) is 0 Å². The van der Waals surface area contributed by atoms with Crippen molar-refractivity contribution in [2.24, 2.45) is 5.92 Å². The molecule has 0 saturated heterocycles. The first-order valence-corrected chi connectivity index (χ1v) is 11.6. The van der Waals surface area contributed by atoms with E-state index in [0.29, 0.717) is 5.69 Å². The van der Waals surface area contributed by atoms with Gasteiger partial charge in [0.05, 0.1) is 24.1 Å². The standard InChI is InChI=1S/C22H25F4N7O4/c1-11-18(32-37-31-11)21(36)30-19(12-4-6-22(25,26)7-5-12)14-10-33-16(28-14)8-13(9-27-33)20(35)29-17(34)3-2-15(23)24/h8-10,12,15,19-20,35H,2-7H2,1H3,(H,29,34)(H,30,36)/t19-,20+/m0/s1. The predicted octanol–water partition coefficient (Wildman–Crippen LogP) is 2.87. The molecule has 11 nitrogen and oxygen atoms in total. The Morgan fingerprint density at radius 2 is 1.97 bits per heavy atom. The zero-order valence-electron chi connectivity index (χ0n) is 19.7. The van der Waals surface area contributed by atoms with E-state index in [1.54, 1.807) is 0 Å². The number of fused-ring (bicyclic) bond motifs is 1. The fraction of sp³-hybridized carbons (Fsp3) is 0.545. The van der Waals surface area contributed by atoms with Crippen LogP contribution in [0.5, 0.6) is 0 Å². The van der Waals surface area contributed by atoms with Crippen molar-refractivity contribution in [1.82, 2.24) is 35.5 Å². The van der Waals surface area contributed by atoms with Gasteiger partial charge in [0.1, 0.15) is 5.69 Å². The lowest BCUT2D eigenvalue weighted by atomic mass is 9.81. The van der Waals surface area contributed by atoms with Crippen molar-refractivity contribution in [2.75, 3.05) is 0 Å². The molecule has 0 radical (unpaired) electrons. The van der Waals surface area contributed by atoms with Crippen LogP contribution in [0.15, 0.2) is 23.1 Å². The summed E-state index contributed by atoms with van der Waals surface area (Å²) >= 11 is 0. The number of aryl methyl sites for hydroxylation is 1. The number of carbonyl (C=O) groups is 2. The van der Waals surface area contributed by atoms with E-state index in [1.165, 1.54) is 29.9 Å². The first-order chi connectivity index (χ1) is 17.5. The molecular formula is C22H25F4N7O4. The number of nitrogens with zero attached hydrogens (tertiary/aromatic N) is 5. The van der Waals surface area contributed by atoms with E-state index in [4.69, 9.17) is 0 Å². The number of hydrogen-bond acceptors (Lipinski definition) is 8. The van der Waals surface area contributed by atoms with Crippen LogP contribution >= 0.6 is 0 Å². The number of halogens is 4. The largest absolute Gasteiger partial charge is 0.369 e. The van der Waals surface area contributed by atoms with Crippen LogP contribution in [0.3, 0.4) is 0 Å². The first kappa shape index (κ1) is 26.4. The second-order valence-corrected chi connectivity index (χ2v) is 9.00. The topological polar surface area (TPSA) is 148 Å². The lowest BCUT2D eigenvalue weighted by molar-refractivity contribution is -0.124. The number of rotatable bonds is 9. The average Bonchev–Trinajstić information content (AvgIpc) is 3.46. The van der Waals surface area contributed by atoms with E-state index in [1.807, 2.05) is 0 Å². The number of alkyl halides is 4. The number of carbonyl (C=O) groups excluding carboxylic acids is 2. The number of nitrogens with one attached hydrogen (secondary N) is 2. The molecule has 2 atom stereocenters. The number of aromatic nitrogens is 5. The van der Waals surface area contributed by atoms with Crippen molar-refractivity contribution in [3.8, 4) is 0 Å². The van der Waals surface area contributed by atoms with Crippen molar-refractivity contribution in [1.29, 1.82) is 0 Å². The van der Waals surface area contributed by atoms with Gasteiger partial charge < -0.3 is 15.7 Å². The zero-order valence-corrected chi connectivity index (χ0v) is 19.7. The maximum atomic E-state index is 13.8. The van der Waals surface area contributed by atoms with E-state index in [0.717, 1.165) is 0 Å². The molecule has 0 bridgehead atoms. The quantitative estimate of drug-likeness (QED) is 0.284. The van der Waals surface area contributed by atoms with Gasteiger partial charge in [-0.05, 0) is 36.9 Å². The maximum Gasteiger partial charge on any atom is 0.276 e. The van der Waals surface area contributed by atoms with Crippen LogP contribution in [0, 0.1) is 12.8 Å². The Labute approximate surface area is 207 Å². The molecule has 0 aliphatic heterocycles. The maximum absolute atomic E-state index is 13.8. The molecule has 3 heterocycles. The summed E-state index contributed by atoms with van der Waals surface area (Å²) in [5, 5.41) is 26.6. The summed E-state index contributed by atoms with van der Waals surface area (Å²) in [4.78, 5) is 29.1. The molecule has 3 N–H and O–H groups in total. The third kappa shape index (κ3) is 6.39. The van der Waals surface area contributed by atoms with Gasteiger partial charge in [-0.1, -0.05) is 5.16 Å². The molecule has 200 valence electrons. The highest BCUT2D eigenvalue weighted by atomic mass is 19.3. The summed E-state index contributed by atoms with van der Waals surface area (Å²) in [6.45, 7) is 1.54. The monoisotopic (exact) mass is 527 g/mol. The minimum atomic E-state index is -2.77. The van der Waals surface area contributed by atoms with E-state index in [2.05, 4.69) is 35.7 Å². The fourth-order valence-electron chi connectivity index (χ4n) is 4.23. The fourth-order valence-corrected chi connectivity index (χ4v) is 4.23. The molecule has 2 amide bonds. The lowest BCUT2D eigenvalue weighted by Crippen LogP contribution is -2.37. The predicted molar refractivity (Wildman–Crippen MR) is 117 cm³/mol. The molecule has 3 aromatic rings. The van der Waals surface area contributed by atoms with E-state index < -0.39 is 49.3 Å². The van der Waals surface area contributed by atoms with Crippen LogP contribution in [0.4, 0.5) is 17.6 Å². The summed E-state index contributed by atoms with van der Waals surface area (Å²) in [6.07, 6.45) is -2.84. The zero-order chi connectivity index (χ0) is 26.7. The molecule has 4 rings (SSSR count). The molecule has 0 unspecified atom stereocenters. The summed E-state index contributed by atoms with van der Waals surface area (Å²) < 4.78 is 58.2. The Morgan fingerprint density at radius 3 is 2.62 bits per heavy atom. The molecule has 0 spiro atoms. The van der Waals surface area contributed by atoms with Gasteiger partial charge >= 0.3 is 0 Å². The molecule has 1 fully saturated rings. The van der Waals surface area contributed by atoms with Crippen LogP contribution in [-0.2, 0) is 4.79 Å². The van der Waals surface area contributed by atoms with Crippen molar-refractivity contribution in [3.05, 3.63) is 41.1 Å². The number of imidazole rings is 1. The Morgan fingerprint density at radius 1 is 1.24 bits per heavy atom. The van der Waals surface area contributed by atoms with Gasteiger partial charge in [0.25, 0.3) is 5.91 Å². The highest BCUT2D eigenvalue weighted by molar-refractivity contribution is 5.93. The molecule has 3 aromatic heterocycles. The van der Waals surface area contributed by atoms with Crippen molar-refractivity contribution in [3.63, 3.8) is 0 Å². The molecule has 1 aliphatic carbocycles. The summed E-state index contributed by atoms with van der Waals surface area (Å²) in [5.41, 5.74) is 0.960. The second-order valence-electron chi connectivity index (χ2n) is 9.00. The third-order valence-electron chi connectivity index (χ3n) is 6.27. The van der Waals surface area contributed by atoms with Crippen LogP contribution < -0.4 is 10.6 Å². The first-order valence-electron chi connectivity index (χ1n) is 11.6. The molecule has 0 aromatic carbocycles. The average molecular weight is 527 g/mol. The Balaban J connectivity index is 1.56. The normalized spacial score (nSPS) is 17.6. The van der Waals surface area contributed by atoms with E-state index in [-0.39, 0.29) is 54.2 Å². The van der Waals surface area contributed by atoms with Crippen LogP contribution in [0.1, 0.15) is 78.2 Å². The van der Waals surface area contributed by atoms with Crippen LogP contribution in [0.2, 0.25) is 0 Å². The van der Waals surface area contributed by atoms with Crippen LogP contribution in [-0.4, -0.2) is 54.2 Å². The highest BCUT2D eigenvalue weighted by Crippen LogP contribution is 2.41.